The van der Waals surface area contributed by atoms with Gasteiger partial charge in [0.1, 0.15) is 0 Å². The highest BCUT2D eigenvalue weighted by molar-refractivity contribution is 5.78. The smallest absolute Gasteiger partial charge is 0.234 e. The molecule has 0 unspecified atom stereocenters. The van der Waals surface area contributed by atoms with Crippen molar-refractivity contribution in [3.63, 3.8) is 0 Å². The van der Waals surface area contributed by atoms with Crippen molar-refractivity contribution >= 4 is 5.91 Å². The standard InChI is InChI=1S/C11H24N2O/c1-6-11(4,5)12-10(14)9-13(7-2)8-3/h6-9H2,1-5H3,(H,12,14). The molecule has 0 bridgehead atoms. The first kappa shape index (κ1) is 13.4. The molecule has 3 heteroatoms. The summed E-state index contributed by atoms with van der Waals surface area (Å²) in [4.78, 5) is 13.7. The van der Waals surface area contributed by atoms with Crippen molar-refractivity contribution in [3.05, 3.63) is 0 Å². The molecule has 0 aromatic rings. The van der Waals surface area contributed by atoms with Crippen molar-refractivity contribution < 1.29 is 4.79 Å². The van der Waals surface area contributed by atoms with Crippen LogP contribution in [0.4, 0.5) is 0 Å². The molecule has 0 rings (SSSR count). The van der Waals surface area contributed by atoms with Crippen LogP contribution in [-0.2, 0) is 4.79 Å². The van der Waals surface area contributed by atoms with Crippen LogP contribution >= 0.6 is 0 Å². The van der Waals surface area contributed by atoms with Gasteiger partial charge in [0.2, 0.25) is 5.91 Å². The van der Waals surface area contributed by atoms with E-state index in [0.29, 0.717) is 6.54 Å². The lowest BCUT2D eigenvalue weighted by atomic mass is 10.0. The minimum Gasteiger partial charge on any atom is -0.350 e. The molecule has 0 fully saturated rings. The van der Waals surface area contributed by atoms with E-state index in [1.165, 1.54) is 0 Å². The molecule has 0 spiro atoms. The molecular formula is C11H24N2O. The van der Waals surface area contributed by atoms with Crippen LogP contribution in [0.25, 0.3) is 0 Å². The Balaban J connectivity index is 3.97. The zero-order valence-electron chi connectivity index (χ0n) is 10.2. The van der Waals surface area contributed by atoms with Gasteiger partial charge in [-0.05, 0) is 33.4 Å². The van der Waals surface area contributed by atoms with Crippen LogP contribution in [-0.4, -0.2) is 36.0 Å². The molecule has 0 aliphatic carbocycles. The quantitative estimate of drug-likeness (QED) is 0.707. The first-order valence-corrected chi connectivity index (χ1v) is 5.48. The van der Waals surface area contributed by atoms with E-state index < -0.39 is 0 Å². The number of nitrogens with one attached hydrogen (secondary N) is 1. The van der Waals surface area contributed by atoms with Gasteiger partial charge in [-0.15, -0.1) is 0 Å². The summed E-state index contributed by atoms with van der Waals surface area (Å²) in [5, 5.41) is 3.02. The van der Waals surface area contributed by atoms with Gasteiger partial charge in [0, 0.05) is 5.54 Å². The topological polar surface area (TPSA) is 32.3 Å². The molecule has 0 heterocycles. The van der Waals surface area contributed by atoms with Crippen LogP contribution in [0.3, 0.4) is 0 Å². The van der Waals surface area contributed by atoms with Gasteiger partial charge >= 0.3 is 0 Å². The van der Waals surface area contributed by atoms with Crippen molar-refractivity contribution in [2.75, 3.05) is 19.6 Å². The summed E-state index contributed by atoms with van der Waals surface area (Å²) in [6.45, 7) is 12.7. The Hall–Kier alpha value is -0.570. The number of amides is 1. The summed E-state index contributed by atoms with van der Waals surface area (Å²) in [7, 11) is 0. The third kappa shape index (κ3) is 5.22. The number of hydrogen-bond donors (Lipinski definition) is 1. The summed E-state index contributed by atoms with van der Waals surface area (Å²) in [5.41, 5.74) is -0.0791. The van der Waals surface area contributed by atoms with E-state index in [1.807, 2.05) is 13.8 Å². The highest BCUT2D eigenvalue weighted by atomic mass is 16.2. The normalized spacial score (nSPS) is 11.9. The van der Waals surface area contributed by atoms with E-state index in [-0.39, 0.29) is 11.4 Å². The largest absolute Gasteiger partial charge is 0.350 e. The highest BCUT2D eigenvalue weighted by Gasteiger charge is 2.18. The first-order chi connectivity index (χ1) is 6.45. The van der Waals surface area contributed by atoms with Crippen LogP contribution in [0.2, 0.25) is 0 Å². The summed E-state index contributed by atoms with van der Waals surface area (Å²) in [5.74, 6) is 0.126. The van der Waals surface area contributed by atoms with Crippen LogP contribution in [0.15, 0.2) is 0 Å². The summed E-state index contributed by atoms with van der Waals surface area (Å²) < 4.78 is 0. The zero-order chi connectivity index (χ0) is 11.2. The van der Waals surface area contributed by atoms with E-state index in [4.69, 9.17) is 0 Å². The van der Waals surface area contributed by atoms with Gasteiger partial charge in [-0.25, -0.2) is 0 Å². The van der Waals surface area contributed by atoms with Crippen LogP contribution in [0.1, 0.15) is 41.0 Å². The molecule has 0 aliphatic rings. The summed E-state index contributed by atoms with van der Waals surface area (Å²) in [6, 6.07) is 0. The van der Waals surface area contributed by atoms with E-state index in [2.05, 4.69) is 31.0 Å². The lowest BCUT2D eigenvalue weighted by Crippen LogP contribution is -2.47. The van der Waals surface area contributed by atoms with Gasteiger partial charge in [-0.2, -0.15) is 0 Å². The van der Waals surface area contributed by atoms with Gasteiger partial charge in [0.15, 0.2) is 0 Å². The Bertz CT molecular complexity index is 174. The SMILES string of the molecule is CCN(CC)CC(=O)NC(C)(C)CC. The van der Waals surface area contributed by atoms with Crippen molar-refractivity contribution in [1.29, 1.82) is 0 Å². The lowest BCUT2D eigenvalue weighted by molar-refractivity contribution is -0.123. The van der Waals surface area contributed by atoms with Crippen molar-refractivity contribution in [2.45, 2.75) is 46.6 Å². The average molecular weight is 200 g/mol. The molecule has 0 aliphatic heterocycles. The van der Waals surface area contributed by atoms with Crippen LogP contribution in [0, 0.1) is 0 Å². The average Bonchev–Trinajstić information content (AvgIpc) is 2.13. The van der Waals surface area contributed by atoms with E-state index in [0.717, 1.165) is 19.5 Å². The van der Waals surface area contributed by atoms with Crippen molar-refractivity contribution in [3.8, 4) is 0 Å². The molecule has 0 radical (unpaired) electrons. The Morgan fingerprint density at radius 1 is 1.21 bits per heavy atom. The molecule has 0 aromatic heterocycles. The molecule has 0 aromatic carbocycles. The number of nitrogens with zero attached hydrogens (tertiary/aromatic N) is 1. The Labute approximate surface area is 87.9 Å². The van der Waals surface area contributed by atoms with Gasteiger partial charge in [-0.1, -0.05) is 20.8 Å². The molecule has 1 N–H and O–H groups in total. The molecule has 1 amide bonds. The third-order valence-corrected chi connectivity index (χ3v) is 2.62. The summed E-state index contributed by atoms with van der Waals surface area (Å²) in [6.07, 6.45) is 0.955. The Morgan fingerprint density at radius 3 is 2.07 bits per heavy atom. The fraction of sp³-hybridized carbons (Fsp3) is 0.909. The Morgan fingerprint density at radius 2 is 1.71 bits per heavy atom. The van der Waals surface area contributed by atoms with Gasteiger partial charge in [-0.3, -0.25) is 9.69 Å². The number of carbonyl (C=O) groups is 1. The number of carbonyl (C=O) groups excluding carboxylic acids is 1. The van der Waals surface area contributed by atoms with E-state index >= 15 is 0 Å². The predicted molar refractivity (Wildman–Crippen MR) is 60.3 cm³/mol. The second-order valence-corrected chi connectivity index (χ2v) is 4.25. The predicted octanol–water partition coefficient (Wildman–Crippen LogP) is 1.63. The van der Waals surface area contributed by atoms with Crippen LogP contribution < -0.4 is 5.32 Å². The van der Waals surface area contributed by atoms with Crippen molar-refractivity contribution in [2.24, 2.45) is 0 Å². The van der Waals surface area contributed by atoms with Gasteiger partial charge in [0.05, 0.1) is 6.54 Å². The maximum Gasteiger partial charge on any atom is 0.234 e. The minimum atomic E-state index is -0.0791. The Kier molecular flexibility index (Phi) is 5.77. The van der Waals surface area contributed by atoms with E-state index in [1.54, 1.807) is 0 Å². The molecule has 14 heavy (non-hydrogen) atoms. The fourth-order valence-corrected chi connectivity index (χ4v) is 1.16. The minimum absolute atomic E-state index is 0.0791. The number of likely N-dealkylation sites (N-methyl/N-ethyl adjacent to an activating group) is 1. The highest BCUT2D eigenvalue weighted by Crippen LogP contribution is 2.06. The second kappa shape index (κ2) is 6.02. The maximum atomic E-state index is 11.6. The maximum absolute atomic E-state index is 11.6. The third-order valence-electron chi connectivity index (χ3n) is 2.62. The molecule has 0 saturated carbocycles. The lowest BCUT2D eigenvalue weighted by Gasteiger charge is -2.26. The number of hydrogen-bond acceptors (Lipinski definition) is 2. The second-order valence-electron chi connectivity index (χ2n) is 4.25. The number of rotatable bonds is 6. The first-order valence-electron chi connectivity index (χ1n) is 5.48. The molecule has 0 atom stereocenters. The zero-order valence-corrected chi connectivity index (χ0v) is 10.2. The molecule has 3 nitrogen and oxygen atoms in total. The molecule has 84 valence electrons. The van der Waals surface area contributed by atoms with E-state index in [9.17, 15) is 4.79 Å². The molecule has 0 saturated heterocycles. The molecular weight excluding hydrogens is 176 g/mol. The van der Waals surface area contributed by atoms with Crippen LogP contribution in [0.5, 0.6) is 0 Å². The van der Waals surface area contributed by atoms with Gasteiger partial charge < -0.3 is 5.32 Å². The van der Waals surface area contributed by atoms with Gasteiger partial charge in [0.25, 0.3) is 0 Å². The summed E-state index contributed by atoms with van der Waals surface area (Å²) >= 11 is 0. The monoisotopic (exact) mass is 200 g/mol. The van der Waals surface area contributed by atoms with Crippen molar-refractivity contribution in [1.82, 2.24) is 10.2 Å². The fourth-order valence-electron chi connectivity index (χ4n) is 1.16.